The average molecular weight is 281 g/mol. The standard InChI is InChI=1S/C15H27N3O2/c1-5-11(8-9-19)10-17-13-7-6-12(16)14(18-13)20-15(2,3)4/h6-7,11,19H,5,8-10,16H2,1-4H3,(H,17,18). The third-order valence-electron chi connectivity index (χ3n) is 2.98. The fourth-order valence-electron chi connectivity index (χ4n) is 1.80. The second-order valence-corrected chi connectivity index (χ2v) is 5.97. The van der Waals surface area contributed by atoms with Gasteiger partial charge in [-0.25, -0.2) is 0 Å². The van der Waals surface area contributed by atoms with Crippen molar-refractivity contribution in [3.8, 4) is 5.88 Å². The molecule has 0 radical (unpaired) electrons. The molecule has 1 aromatic rings. The van der Waals surface area contributed by atoms with Crippen LogP contribution in [0.1, 0.15) is 40.5 Å². The molecule has 0 spiro atoms. The van der Waals surface area contributed by atoms with Crippen LogP contribution in [0.25, 0.3) is 0 Å². The summed E-state index contributed by atoms with van der Waals surface area (Å²) in [6, 6.07) is 3.64. The monoisotopic (exact) mass is 281 g/mol. The molecule has 1 atom stereocenters. The van der Waals surface area contributed by atoms with E-state index in [1.54, 1.807) is 6.07 Å². The number of aromatic nitrogens is 1. The van der Waals surface area contributed by atoms with Crippen molar-refractivity contribution >= 4 is 11.5 Å². The summed E-state index contributed by atoms with van der Waals surface area (Å²) in [6.07, 6.45) is 1.82. The molecule has 1 heterocycles. The largest absolute Gasteiger partial charge is 0.470 e. The van der Waals surface area contributed by atoms with Crippen molar-refractivity contribution in [2.24, 2.45) is 5.92 Å². The molecule has 0 aliphatic carbocycles. The predicted molar refractivity (Wildman–Crippen MR) is 83.0 cm³/mol. The Bertz CT molecular complexity index is 416. The molecular formula is C15H27N3O2. The Morgan fingerprint density at radius 1 is 1.40 bits per heavy atom. The Kier molecular flexibility index (Phi) is 6.07. The molecule has 5 nitrogen and oxygen atoms in total. The van der Waals surface area contributed by atoms with Crippen LogP contribution in [-0.2, 0) is 0 Å². The fourth-order valence-corrected chi connectivity index (χ4v) is 1.80. The van der Waals surface area contributed by atoms with Crippen LogP contribution in [0.2, 0.25) is 0 Å². The first-order chi connectivity index (χ1) is 9.35. The topological polar surface area (TPSA) is 80.4 Å². The van der Waals surface area contributed by atoms with E-state index in [1.165, 1.54) is 0 Å². The number of nitrogens with zero attached hydrogens (tertiary/aromatic N) is 1. The highest BCUT2D eigenvalue weighted by atomic mass is 16.5. The number of nitrogens with two attached hydrogens (primary N) is 1. The number of aliphatic hydroxyl groups excluding tert-OH is 1. The summed E-state index contributed by atoms with van der Waals surface area (Å²) in [5, 5.41) is 12.3. The number of anilines is 2. The summed E-state index contributed by atoms with van der Waals surface area (Å²) in [5.41, 5.74) is 6.08. The average Bonchev–Trinajstić information content (AvgIpc) is 2.36. The Labute approximate surface area is 121 Å². The molecule has 4 N–H and O–H groups in total. The minimum Gasteiger partial charge on any atom is -0.470 e. The lowest BCUT2D eigenvalue weighted by atomic mass is 10.0. The Morgan fingerprint density at radius 3 is 2.65 bits per heavy atom. The molecule has 1 unspecified atom stereocenters. The van der Waals surface area contributed by atoms with Crippen LogP contribution >= 0.6 is 0 Å². The van der Waals surface area contributed by atoms with E-state index in [-0.39, 0.29) is 12.2 Å². The van der Waals surface area contributed by atoms with Gasteiger partial charge in [-0.1, -0.05) is 13.3 Å². The van der Waals surface area contributed by atoms with Crippen LogP contribution in [0.3, 0.4) is 0 Å². The van der Waals surface area contributed by atoms with Gasteiger partial charge in [-0.05, 0) is 45.2 Å². The van der Waals surface area contributed by atoms with E-state index in [0.29, 0.717) is 17.5 Å². The second-order valence-electron chi connectivity index (χ2n) is 5.97. The van der Waals surface area contributed by atoms with Gasteiger partial charge < -0.3 is 20.9 Å². The molecule has 20 heavy (non-hydrogen) atoms. The molecular weight excluding hydrogens is 254 g/mol. The van der Waals surface area contributed by atoms with Gasteiger partial charge in [0.2, 0.25) is 5.88 Å². The van der Waals surface area contributed by atoms with Gasteiger partial charge in [-0.15, -0.1) is 0 Å². The third kappa shape index (κ3) is 5.65. The Morgan fingerprint density at radius 2 is 2.10 bits per heavy atom. The van der Waals surface area contributed by atoms with E-state index in [0.717, 1.165) is 25.2 Å². The van der Waals surface area contributed by atoms with Crippen LogP contribution in [0.15, 0.2) is 12.1 Å². The number of aliphatic hydroxyl groups is 1. The first kappa shape index (κ1) is 16.6. The van der Waals surface area contributed by atoms with Gasteiger partial charge in [-0.3, -0.25) is 0 Å². The Hall–Kier alpha value is -1.49. The van der Waals surface area contributed by atoms with E-state index in [2.05, 4.69) is 17.2 Å². The molecule has 0 aliphatic heterocycles. The lowest BCUT2D eigenvalue weighted by molar-refractivity contribution is 0.125. The van der Waals surface area contributed by atoms with E-state index >= 15 is 0 Å². The highest BCUT2D eigenvalue weighted by Crippen LogP contribution is 2.25. The quantitative estimate of drug-likeness (QED) is 0.716. The zero-order valence-corrected chi connectivity index (χ0v) is 12.9. The lowest BCUT2D eigenvalue weighted by Crippen LogP contribution is -2.24. The molecule has 0 bridgehead atoms. The third-order valence-corrected chi connectivity index (χ3v) is 2.98. The van der Waals surface area contributed by atoms with E-state index in [1.807, 2.05) is 26.8 Å². The predicted octanol–water partition coefficient (Wildman–Crippen LogP) is 2.66. The molecule has 0 amide bonds. The van der Waals surface area contributed by atoms with Gasteiger partial charge in [0.15, 0.2) is 0 Å². The van der Waals surface area contributed by atoms with Crippen molar-refractivity contribution in [2.45, 2.75) is 46.1 Å². The smallest absolute Gasteiger partial charge is 0.239 e. The summed E-state index contributed by atoms with van der Waals surface area (Å²) in [4.78, 5) is 4.40. The highest BCUT2D eigenvalue weighted by molar-refractivity contribution is 5.53. The SMILES string of the molecule is CCC(CCO)CNc1ccc(N)c(OC(C)(C)C)n1. The minimum atomic E-state index is -0.331. The first-order valence-corrected chi connectivity index (χ1v) is 7.16. The zero-order valence-electron chi connectivity index (χ0n) is 12.9. The second kappa shape index (κ2) is 7.33. The van der Waals surface area contributed by atoms with Gasteiger partial charge in [0.05, 0.1) is 5.69 Å². The molecule has 0 aromatic carbocycles. The molecule has 0 fully saturated rings. The maximum atomic E-state index is 8.99. The Balaban J connectivity index is 2.69. The van der Waals surface area contributed by atoms with E-state index in [4.69, 9.17) is 15.6 Å². The molecule has 1 rings (SSSR count). The number of hydrogen-bond acceptors (Lipinski definition) is 5. The van der Waals surface area contributed by atoms with Gasteiger partial charge in [-0.2, -0.15) is 4.98 Å². The van der Waals surface area contributed by atoms with Crippen LogP contribution in [0, 0.1) is 5.92 Å². The normalized spacial score (nSPS) is 13.1. The summed E-state index contributed by atoms with van der Waals surface area (Å²) in [6.45, 7) is 9.00. The summed E-state index contributed by atoms with van der Waals surface area (Å²) >= 11 is 0. The van der Waals surface area contributed by atoms with Crippen molar-refractivity contribution in [1.82, 2.24) is 4.98 Å². The van der Waals surface area contributed by atoms with Crippen molar-refractivity contribution < 1.29 is 9.84 Å². The van der Waals surface area contributed by atoms with Gasteiger partial charge in [0.25, 0.3) is 0 Å². The number of nitrogens with one attached hydrogen (secondary N) is 1. The highest BCUT2D eigenvalue weighted by Gasteiger charge is 2.15. The molecule has 0 saturated carbocycles. The van der Waals surface area contributed by atoms with Crippen LogP contribution in [0.5, 0.6) is 5.88 Å². The molecule has 0 aliphatic rings. The molecule has 5 heteroatoms. The van der Waals surface area contributed by atoms with Crippen molar-refractivity contribution in [3.63, 3.8) is 0 Å². The molecule has 114 valence electrons. The fraction of sp³-hybridized carbons (Fsp3) is 0.667. The zero-order chi connectivity index (χ0) is 15.2. The van der Waals surface area contributed by atoms with Crippen LogP contribution < -0.4 is 15.8 Å². The lowest BCUT2D eigenvalue weighted by Gasteiger charge is -2.22. The summed E-state index contributed by atoms with van der Waals surface area (Å²) < 4.78 is 5.74. The number of pyridine rings is 1. The molecule has 1 aromatic heterocycles. The van der Waals surface area contributed by atoms with E-state index < -0.39 is 0 Å². The van der Waals surface area contributed by atoms with Crippen molar-refractivity contribution in [1.29, 1.82) is 0 Å². The van der Waals surface area contributed by atoms with E-state index in [9.17, 15) is 0 Å². The maximum Gasteiger partial charge on any atom is 0.239 e. The number of nitrogen functional groups attached to an aromatic ring is 1. The molecule has 0 saturated heterocycles. The number of rotatable bonds is 7. The van der Waals surface area contributed by atoms with Crippen molar-refractivity contribution in [2.75, 3.05) is 24.2 Å². The maximum absolute atomic E-state index is 8.99. The number of hydrogen-bond donors (Lipinski definition) is 3. The number of ether oxygens (including phenoxy) is 1. The van der Waals surface area contributed by atoms with Crippen LogP contribution in [-0.4, -0.2) is 28.8 Å². The van der Waals surface area contributed by atoms with Crippen molar-refractivity contribution in [3.05, 3.63) is 12.1 Å². The van der Waals surface area contributed by atoms with Gasteiger partial charge in [0.1, 0.15) is 11.4 Å². The summed E-state index contributed by atoms with van der Waals surface area (Å²) in [7, 11) is 0. The minimum absolute atomic E-state index is 0.216. The van der Waals surface area contributed by atoms with Crippen LogP contribution in [0.4, 0.5) is 11.5 Å². The van der Waals surface area contributed by atoms with Gasteiger partial charge in [0, 0.05) is 13.2 Å². The first-order valence-electron chi connectivity index (χ1n) is 7.16. The summed E-state index contributed by atoms with van der Waals surface area (Å²) in [5.74, 6) is 1.64. The van der Waals surface area contributed by atoms with Gasteiger partial charge >= 0.3 is 0 Å².